The van der Waals surface area contributed by atoms with Gasteiger partial charge >= 0.3 is 12.2 Å². The van der Waals surface area contributed by atoms with Gasteiger partial charge in [0, 0.05) is 44.6 Å². The maximum atomic E-state index is 13.1. The summed E-state index contributed by atoms with van der Waals surface area (Å²) in [6, 6.07) is 5.15. The van der Waals surface area contributed by atoms with E-state index in [0.717, 1.165) is 30.5 Å². The highest BCUT2D eigenvalue weighted by atomic mass is 19.4. The van der Waals surface area contributed by atoms with Crippen molar-refractivity contribution in [1.82, 2.24) is 15.1 Å². The van der Waals surface area contributed by atoms with Gasteiger partial charge in [0.25, 0.3) is 0 Å². The molecule has 2 aliphatic heterocycles. The molecule has 0 bridgehead atoms. The molecule has 3 amide bonds. The number of ether oxygens (including phenoxy) is 1. The molecule has 0 spiro atoms. The third-order valence-electron chi connectivity index (χ3n) is 6.31. The summed E-state index contributed by atoms with van der Waals surface area (Å²) in [5, 5.41) is 3.00. The second kappa shape index (κ2) is 9.06. The minimum atomic E-state index is -4.38. The van der Waals surface area contributed by atoms with E-state index < -0.39 is 11.7 Å². The van der Waals surface area contributed by atoms with Crippen molar-refractivity contribution in [2.45, 2.75) is 31.4 Å². The quantitative estimate of drug-likeness (QED) is 0.785. The molecule has 1 aromatic rings. The molecule has 2 atom stereocenters. The fraction of sp³-hybridized carbons (Fsp3) is 0.636. The number of rotatable bonds is 4. The second-order valence-corrected chi connectivity index (χ2v) is 8.72. The van der Waals surface area contributed by atoms with E-state index in [0.29, 0.717) is 52.4 Å². The largest absolute Gasteiger partial charge is 0.416 e. The van der Waals surface area contributed by atoms with Crippen LogP contribution in [-0.2, 0) is 15.7 Å². The van der Waals surface area contributed by atoms with Crippen LogP contribution in [0.4, 0.5) is 18.0 Å². The van der Waals surface area contributed by atoms with Crippen molar-refractivity contribution in [3.63, 3.8) is 0 Å². The minimum absolute atomic E-state index is 0.0498. The van der Waals surface area contributed by atoms with E-state index >= 15 is 0 Å². The number of carbonyl (C=O) groups excluding carboxylic acids is 2. The number of alkyl halides is 3. The van der Waals surface area contributed by atoms with Crippen LogP contribution >= 0.6 is 0 Å². The highest BCUT2D eigenvalue weighted by molar-refractivity contribution is 5.80. The number of nitrogens with one attached hydrogen (secondary N) is 1. The van der Waals surface area contributed by atoms with E-state index in [2.05, 4.69) is 5.32 Å². The van der Waals surface area contributed by atoms with E-state index in [1.54, 1.807) is 9.80 Å². The van der Waals surface area contributed by atoms with Gasteiger partial charge in [-0.3, -0.25) is 4.79 Å². The molecule has 0 aromatic heterocycles. The summed E-state index contributed by atoms with van der Waals surface area (Å²) < 4.78 is 44.1. The Labute approximate surface area is 179 Å². The highest BCUT2D eigenvalue weighted by Gasteiger charge is 2.36. The topological polar surface area (TPSA) is 61.9 Å². The summed E-state index contributed by atoms with van der Waals surface area (Å²) in [5.41, 5.74) is 0.104. The number of urea groups is 1. The number of hydrogen-bond acceptors (Lipinski definition) is 3. The minimum Gasteiger partial charge on any atom is -0.378 e. The summed E-state index contributed by atoms with van der Waals surface area (Å²) >= 11 is 0. The lowest BCUT2D eigenvalue weighted by molar-refractivity contribution is -0.137. The summed E-state index contributed by atoms with van der Waals surface area (Å²) in [4.78, 5) is 28.7. The zero-order valence-electron chi connectivity index (χ0n) is 17.4. The molecule has 4 rings (SSSR count). The standard InChI is InChI=1S/C22H28F3N3O3/c23-22(24,25)19-5-3-16(4-6-19)18-11-15(12-26-20(29)17-1-2-17)13-28(14-18)21(30)27-7-9-31-10-8-27/h3-6,15,17-18H,1-2,7-14H2,(H,26,29). The monoisotopic (exact) mass is 439 g/mol. The molecule has 2 saturated heterocycles. The van der Waals surface area contributed by atoms with E-state index in [1.165, 1.54) is 12.1 Å². The van der Waals surface area contributed by atoms with Gasteiger partial charge in [-0.2, -0.15) is 13.2 Å². The summed E-state index contributed by atoms with van der Waals surface area (Å²) in [6.07, 6.45) is -1.82. The van der Waals surface area contributed by atoms with Gasteiger partial charge in [-0.25, -0.2) is 4.79 Å². The first-order chi connectivity index (χ1) is 14.8. The molecule has 1 aliphatic carbocycles. The molecule has 1 saturated carbocycles. The molecular weight excluding hydrogens is 411 g/mol. The molecule has 2 unspecified atom stereocenters. The fourth-order valence-corrected chi connectivity index (χ4v) is 4.38. The Bertz CT molecular complexity index is 789. The van der Waals surface area contributed by atoms with Crippen molar-refractivity contribution in [2.24, 2.45) is 11.8 Å². The van der Waals surface area contributed by atoms with Crippen molar-refractivity contribution in [3.8, 4) is 0 Å². The van der Waals surface area contributed by atoms with Crippen molar-refractivity contribution in [1.29, 1.82) is 0 Å². The van der Waals surface area contributed by atoms with Crippen molar-refractivity contribution in [2.75, 3.05) is 45.9 Å². The summed E-state index contributed by atoms with van der Waals surface area (Å²) in [6.45, 7) is 3.52. The summed E-state index contributed by atoms with van der Waals surface area (Å²) in [5.74, 6) is 0.140. The van der Waals surface area contributed by atoms with E-state index in [9.17, 15) is 22.8 Å². The number of morpholine rings is 1. The third kappa shape index (κ3) is 5.50. The normalized spacial score (nSPS) is 24.7. The average molecular weight is 439 g/mol. The Kier molecular flexibility index (Phi) is 6.41. The Morgan fingerprint density at radius 1 is 1.03 bits per heavy atom. The number of piperidine rings is 1. The zero-order chi connectivity index (χ0) is 22.0. The molecule has 1 N–H and O–H groups in total. The molecular formula is C22H28F3N3O3. The van der Waals surface area contributed by atoms with Gasteiger partial charge in [-0.1, -0.05) is 12.1 Å². The van der Waals surface area contributed by atoms with Crippen LogP contribution in [0.2, 0.25) is 0 Å². The molecule has 1 aromatic carbocycles. The molecule has 31 heavy (non-hydrogen) atoms. The van der Waals surface area contributed by atoms with E-state index in [4.69, 9.17) is 4.74 Å². The van der Waals surface area contributed by atoms with Crippen molar-refractivity contribution < 1.29 is 27.5 Å². The summed E-state index contributed by atoms with van der Waals surface area (Å²) in [7, 11) is 0. The van der Waals surface area contributed by atoms with Gasteiger partial charge in [0.05, 0.1) is 18.8 Å². The zero-order valence-corrected chi connectivity index (χ0v) is 17.4. The number of amides is 3. The lowest BCUT2D eigenvalue weighted by Gasteiger charge is -2.41. The van der Waals surface area contributed by atoms with Crippen LogP contribution in [0.5, 0.6) is 0 Å². The van der Waals surface area contributed by atoms with Crippen LogP contribution in [0.1, 0.15) is 36.3 Å². The first-order valence-electron chi connectivity index (χ1n) is 10.9. The van der Waals surface area contributed by atoms with Crippen LogP contribution in [0.15, 0.2) is 24.3 Å². The maximum Gasteiger partial charge on any atom is 0.416 e. The number of nitrogens with zero attached hydrogens (tertiary/aromatic N) is 2. The first kappa shape index (κ1) is 21.9. The molecule has 3 fully saturated rings. The van der Waals surface area contributed by atoms with Gasteiger partial charge in [0.15, 0.2) is 0 Å². The van der Waals surface area contributed by atoms with Crippen LogP contribution in [0.25, 0.3) is 0 Å². The predicted octanol–water partition coefficient (Wildman–Crippen LogP) is 3.09. The van der Waals surface area contributed by atoms with Crippen molar-refractivity contribution in [3.05, 3.63) is 35.4 Å². The SMILES string of the molecule is O=C(NCC1CC(c2ccc(C(F)(F)F)cc2)CN(C(=O)N2CCOCC2)C1)C1CC1. The number of benzene rings is 1. The van der Waals surface area contributed by atoms with Gasteiger partial charge in [-0.15, -0.1) is 0 Å². The molecule has 170 valence electrons. The molecule has 9 heteroatoms. The predicted molar refractivity (Wildman–Crippen MR) is 107 cm³/mol. The first-order valence-corrected chi connectivity index (χ1v) is 10.9. The number of likely N-dealkylation sites (tertiary alicyclic amines) is 1. The van der Waals surface area contributed by atoms with Gasteiger partial charge < -0.3 is 19.9 Å². The van der Waals surface area contributed by atoms with Gasteiger partial charge in [-0.05, 0) is 42.9 Å². The van der Waals surface area contributed by atoms with Gasteiger partial charge in [0.1, 0.15) is 0 Å². The van der Waals surface area contributed by atoms with Crippen LogP contribution < -0.4 is 5.32 Å². The third-order valence-corrected chi connectivity index (χ3v) is 6.31. The Balaban J connectivity index is 1.47. The Hall–Kier alpha value is -2.29. The molecule has 2 heterocycles. The second-order valence-electron chi connectivity index (χ2n) is 8.72. The Morgan fingerprint density at radius 3 is 2.32 bits per heavy atom. The fourth-order valence-electron chi connectivity index (χ4n) is 4.38. The van der Waals surface area contributed by atoms with Crippen LogP contribution in [-0.4, -0.2) is 67.7 Å². The van der Waals surface area contributed by atoms with Crippen LogP contribution in [0, 0.1) is 11.8 Å². The maximum absolute atomic E-state index is 13.1. The number of hydrogen-bond donors (Lipinski definition) is 1. The number of halogens is 3. The van der Waals surface area contributed by atoms with Crippen molar-refractivity contribution >= 4 is 11.9 Å². The molecule has 0 radical (unpaired) electrons. The van der Waals surface area contributed by atoms with Crippen LogP contribution in [0.3, 0.4) is 0 Å². The van der Waals surface area contributed by atoms with E-state index in [1.807, 2.05) is 0 Å². The lowest BCUT2D eigenvalue weighted by Crippen LogP contribution is -2.53. The average Bonchev–Trinajstić information content (AvgIpc) is 3.62. The smallest absolute Gasteiger partial charge is 0.378 e. The van der Waals surface area contributed by atoms with Gasteiger partial charge in [0.2, 0.25) is 5.91 Å². The lowest BCUT2D eigenvalue weighted by atomic mass is 9.84. The Morgan fingerprint density at radius 2 is 1.71 bits per heavy atom. The van der Waals surface area contributed by atoms with E-state index in [-0.39, 0.29) is 29.7 Å². The molecule has 6 nitrogen and oxygen atoms in total. The molecule has 3 aliphatic rings. The highest BCUT2D eigenvalue weighted by Crippen LogP contribution is 2.34. The number of carbonyl (C=O) groups is 2.